The molecule has 5 heteroatoms. The van der Waals surface area contributed by atoms with Crippen molar-refractivity contribution in [3.63, 3.8) is 0 Å². The van der Waals surface area contributed by atoms with E-state index < -0.39 is 5.60 Å². The van der Waals surface area contributed by atoms with Crippen LogP contribution in [0.2, 0.25) is 0 Å². The number of anilines is 1. The van der Waals surface area contributed by atoms with E-state index in [1.54, 1.807) is 18.2 Å². The maximum absolute atomic E-state index is 12.0. The molecule has 0 spiro atoms. The van der Waals surface area contributed by atoms with Gasteiger partial charge in [0.25, 0.3) is 0 Å². The number of likely N-dealkylation sites (tertiary alicyclic amines) is 1. The van der Waals surface area contributed by atoms with Crippen molar-refractivity contribution in [1.29, 1.82) is 0 Å². The zero-order chi connectivity index (χ0) is 16.2. The average Bonchev–Trinajstić information content (AvgIpc) is 2.91. The van der Waals surface area contributed by atoms with Crippen LogP contribution in [-0.2, 0) is 4.74 Å². The van der Waals surface area contributed by atoms with Gasteiger partial charge in [-0.3, -0.25) is 4.90 Å². The summed E-state index contributed by atoms with van der Waals surface area (Å²) in [5.41, 5.74) is 6.36. The second-order valence-electron chi connectivity index (χ2n) is 6.65. The molecule has 1 aliphatic rings. The van der Waals surface area contributed by atoms with Crippen LogP contribution in [0.4, 0.5) is 5.69 Å². The van der Waals surface area contributed by atoms with Crippen LogP contribution in [0.3, 0.4) is 0 Å². The molecule has 0 unspecified atom stereocenters. The monoisotopic (exact) mass is 306 g/mol. The minimum absolute atomic E-state index is 0.372. The number of esters is 1. The van der Waals surface area contributed by atoms with Crippen LogP contribution in [0.25, 0.3) is 0 Å². The van der Waals surface area contributed by atoms with Crippen molar-refractivity contribution < 1.29 is 14.3 Å². The first-order chi connectivity index (χ1) is 10.3. The van der Waals surface area contributed by atoms with Crippen LogP contribution < -0.4 is 10.5 Å². The van der Waals surface area contributed by atoms with Gasteiger partial charge in [-0.15, -0.1) is 0 Å². The lowest BCUT2D eigenvalue weighted by Crippen LogP contribution is -2.25. The number of hydrogen-bond donors (Lipinski definition) is 1. The van der Waals surface area contributed by atoms with Crippen LogP contribution in [0.15, 0.2) is 18.2 Å². The Hall–Kier alpha value is -1.75. The lowest BCUT2D eigenvalue weighted by molar-refractivity contribution is 0.00696. The van der Waals surface area contributed by atoms with E-state index in [0.717, 1.165) is 19.6 Å². The Labute approximate surface area is 132 Å². The fourth-order valence-corrected chi connectivity index (χ4v) is 2.43. The van der Waals surface area contributed by atoms with Crippen molar-refractivity contribution in [2.45, 2.75) is 39.2 Å². The molecule has 2 rings (SSSR count). The maximum atomic E-state index is 12.0. The molecular weight excluding hydrogens is 280 g/mol. The van der Waals surface area contributed by atoms with Crippen molar-refractivity contribution in [2.24, 2.45) is 0 Å². The number of rotatable bonds is 5. The molecule has 1 aromatic carbocycles. The van der Waals surface area contributed by atoms with Gasteiger partial charge in [-0.2, -0.15) is 0 Å². The Morgan fingerprint density at radius 3 is 2.55 bits per heavy atom. The van der Waals surface area contributed by atoms with E-state index in [2.05, 4.69) is 4.90 Å². The van der Waals surface area contributed by atoms with Crippen LogP contribution in [0.5, 0.6) is 5.75 Å². The van der Waals surface area contributed by atoms with Gasteiger partial charge in [-0.05, 0) is 64.9 Å². The number of carbonyl (C=O) groups excluding carboxylic acids is 1. The van der Waals surface area contributed by atoms with E-state index >= 15 is 0 Å². The highest BCUT2D eigenvalue weighted by Crippen LogP contribution is 2.24. The zero-order valence-corrected chi connectivity index (χ0v) is 13.7. The first kappa shape index (κ1) is 16.6. The molecule has 5 nitrogen and oxygen atoms in total. The van der Waals surface area contributed by atoms with E-state index in [0.29, 0.717) is 23.6 Å². The summed E-state index contributed by atoms with van der Waals surface area (Å²) < 4.78 is 11.0. The van der Waals surface area contributed by atoms with Crippen molar-refractivity contribution in [3.05, 3.63) is 23.8 Å². The van der Waals surface area contributed by atoms with Crippen molar-refractivity contribution >= 4 is 11.7 Å². The second kappa shape index (κ2) is 7.01. The van der Waals surface area contributed by atoms with Gasteiger partial charge in [0.2, 0.25) is 0 Å². The number of hydrogen-bond acceptors (Lipinski definition) is 5. The predicted octanol–water partition coefficient (Wildman–Crippen LogP) is 2.70. The molecule has 22 heavy (non-hydrogen) atoms. The molecule has 0 aliphatic carbocycles. The van der Waals surface area contributed by atoms with Crippen LogP contribution in [0.1, 0.15) is 44.0 Å². The summed E-state index contributed by atoms with van der Waals surface area (Å²) in [5, 5.41) is 0. The van der Waals surface area contributed by atoms with Crippen LogP contribution in [-0.4, -0.2) is 42.7 Å². The van der Waals surface area contributed by atoms with Crippen molar-refractivity contribution in [3.8, 4) is 5.75 Å². The topological polar surface area (TPSA) is 64.8 Å². The molecule has 0 aromatic heterocycles. The minimum Gasteiger partial charge on any atom is -0.490 e. The summed E-state index contributed by atoms with van der Waals surface area (Å²) in [7, 11) is 0. The van der Waals surface area contributed by atoms with Crippen LogP contribution in [0, 0.1) is 0 Å². The summed E-state index contributed by atoms with van der Waals surface area (Å²) in [6, 6.07) is 5.04. The summed E-state index contributed by atoms with van der Waals surface area (Å²) >= 11 is 0. The number of benzene rings is 1. The number of nitrogens with zero attached hydrogens (tertiary/aromatic N) is 1. The highest BCUT2D eigenvalue weighted by Gasteiger charge is 2.18. The molecule has 0 bridgehead atoms. The maximum Gasteiger partial charge on any atom is 0.338 e. The normalized spacial score (nSPS) is 15.8. The van der Waals surface area contributed by atoms with E-state index in [4.69, 9.17) is 15.2 Å². The van der Waals surface area contributed by atoms with Gasteiger partial charge in [-0.25, -0.2) is 4.79 Å². The summed E-state index contributed by atoms with van der Waals surface area (Å²) in [6.45, 7) is 9.33. The molecule has 2 N–H and O–H groups in total. The molecular formula is C17H26N2O3. The molecule has 122 valence electrons. The smallest absolute Gasteiger partial charge is 0.338 e. The van der Waals surface area contributed by atoms with Gasteiger partial charge in [0, 0.05) is 6.54 Å². The quantitative estimate of drug-likeness (QED) is 0.669. The Morgan fingerprint density at radius 1 is 1.27 bits per heavy atom. The van der Waals surface area contributed by atoms with E-state index in [1.807, 2.05) is 20.8 Å². The SMILES string of the molecule is CC(C)(C)OC(=O)c1ccc(OCCN2CCCC2)c(N)c1. The molecule has 1 aliphatic heterocycles. The molecule has 1 aromatic rings. The first-order valence-electron chi connectivity index (χ1n) is 7.83. The Bertz CT molecular complexity index is 517. The van der Waals surface area contributed by atoms with Crippen LogP contribution >= 0.6 is 0 Å². The summed E-state index contributed by atoms with van der Waals surface area (Å²) in [5.74, 6) is 0.245. The van der Waals surface area contributed by atoms with Gasteiger partial charge in [0.1, 0.15) is 18.0 Å². The van der Waals surface area contributed by atoms with E-state index in [-0.39, 0.29) is 5.97 Å². The highest BCUT2D eigenvalue weighted by molar-refractivity contribution is 5.91. The van der Waals surface area contributed by atoms with E-state index in [1.165, 1.54) is 12.8 Å². The third-order valence-corrected chi connectivity index (χ3v) is 3.51. The standard InChI is InChI=1S/C17H26N2O3/c1-17(2,3)22-16(20)13-6-7-15(14(18)12-13)21-11-10-19-8-4-5-9-19/h6-7,12H,4-5,8-11,18H2,1-3H3. The average molecular weight is 306 g/mol. The largest absolute Gasteiger partial charge is 0.490 e. The predicted molar refractivity (Wildman–Crippen MR) is 87.2 cm³/mol. The molecule has 0 amide bonds. The van der Waals surface area contributed by atoms with E-state index in [9.17, 15) is 4.79 Å². The Kier molecular flexibility index (Phi) is 5.29. The number of nitrogen functional groups attached to an aromatic ring is 1. The van der Waals surface area contributed by atoms with Gasteiger partial charge < -0.3 is 15.2 Å². The van der Waals surface area contributed by atoms with Crippen molar-refractivity contribution in [2.75, 3.05) is 32.0 Å². The summed E-state index contributed by atoms with van der Waals surface area (Å²) in [4.78, 5) is 14.4. The van der Waals surface area contributed by atoms with Gasteiger partial charge in [0.05, 0.1) is 11.3 Å². The minimum atomic E-state index is -0.517. The molecule has 1 fully saturated rings. The van der Waals surface area contributed by atoms with Gasteiger partial charge in [0.15, 0.2) is 0 Å². The third kappa shape index (κ3) is 4.91. The lowest BCUT2D eigenvalue weighted by Gasteiger charge is -2.20. The Balaban J connectivity index is 1.89. The fourth-order valence-electron chi connectivity index (χ4n) is 2.43. The number of nitrogens with two attached hydrogens (primary N) is 1. The molecule has 1 heterocycles. The van der Waals surface area contributed by atoms with Crippen molar-refractivity contribution in [1.82, 2.24) is 4.90 Å². The molecule has 0 atom stereocenters. The number of carbonyl (C=O) groups is 1. The molecule has 0 saturated carbocycles. The highest BCUT2D eigenvalue weighted by atomic mass is 16.6. The molecule has 1 saturated heterocycles. The second-order valence-corrected chi connectivity index (χ2v) is 6.65. The number of ether oxygens (including phenoxy) is 2. The Morgan fingerprint density at radius 2 is 1.95 bits per heavy atom. The lowest BCUT2D eigenvalue weighted by atomic mass is 10.1. The van der Waals surface area contributed by atoms with Gasteiger partial charge in [-0.1, -0.05) is 0 Å². The fraction of sp³-hybridized carbons (Fsp3) is 0.588. The first-order valence-corrected chi connectivity index (χ1v) is 7.83. The zero-order valence-electron chi connectivity index (χ0n) is 13.7. The third-order valence-electron chi connectivity index (χ3n) is 3.51. The molecule has 0 radical (unpaired) electrons. The van der Waals surface area contributed by atoms with Gasteiger partial charge >= 0.3 is 5.97 Å². The summed E-state index contributed by atoms with van der Waals surface area (Å²) in [6.07, 6.45) is 2.54.